The number of rotatable bonds is 9. The third-order valence-corrected chi connectivity index (χ3v) is 6.39. The summed E-state index contributed by atoms with van der Waals surface area (Å²) < 4.78 is 53.5. The van der Waals surface area contributed by atoms with Crippen molar-refractivity contribution in [3.8, 4) is 5.75 Å². The highest BCUT2D eigenvalue weighted by atomic mass is 79.9. The Morgan fingerprint density at radius 1 is 1.08 bits per heavy atom. The summed E-state index contributed by atoms with van der Waals surface area (Å²) in [7, 11) is 0. The predicted octanol–water partition coefficient (Wildman–Crippen LogP) is 7.55. The quantitative estimate of drug-likeness (QED) is 0.195. The monoisotopic (exact) mass is 574 g/mol. The first-order valence-corrected chi connectivity index (χ1v) is 12.7. The first kappa shape index (κ1) is 26.7. The molecule has 1 aliphatic heterocycles. The Kier molecular flexibility index (Phi) is 8.53. The van der Waals surface area contributed by atoms with E-state index in [9.17, 15) is 18.0 Å². The third kappa shape index (κ3) is 6.52. The van der Waals surface area contributed by atoms with E-state index in [0.717, 1.165) is 10.5 Å². The van der Waals surface area contributed by atoms with Gasteiger partial charge in [0.05, 0.1) is 36.2 Å². The molecule has 1 atom stereocenters. The van der Waals surface area contributed by atoms with Crippen molar-refractivity contribution < 1.29 is 27.4 Å². The van der Waals surface area contributed by atoms with Crippen LogP contribution in [0.1, 0.15) is 48.9 Å². The Hall–Kier alpha value is -3.33. The molecule has 194 valence electrons. The molecule has 0 aromatic heterocycles. The Bertz CT molecular complexity index is 1270. The van der Waals surface area contributed by atoms with E-state index in [0.29, 0.717) is 35.7 Å². The van der Waals surface area contributed by atoms with Crippen LogP contribution in [0, 0.1) is 0 Å². The Morgan fingerprint density at radius 2 is 1.81 bits per heavy atom. The summed E-state index contributed by atoms with van der Waals surface area (Å²) in [6, 6.07) is 19.6. The van der Waals surface area contributed by atoms with Crippen LogP contribution in [0.25, 0.3) is 0 Å². The second-order valence-electron chi connectivity index (χ2n) is 8.43. The van der Waals surface area contributed by atoms with E-state index in [1.54, 1.807) is 24.1 Å². The predicted molar refractivity (Wildman–Crippen MR) is 140 cm³/mol. The number of esters is 1. The largest absolute Gasteiger partial charge is 0.493 e. The Morgan fingerprint density at radius 3 is 2.54 bits per heavy atom. The van der Waals surface area contributed by atoms with Gasteiger partial charge in [-0.2, -0.15) is 18.3 Å². The summed E-state index contributed by atoms with van der Waals surface area (Å²) >= 11 is 3.49. The topological polar surface area (TPSA) is 51.1 Å². The Balaban J connectivity index is 1.66. The molecule has 0 N–H and O–H groups in total. The van der Waals surface area contributed by atoms with Gasteiger partial charge >= 0.3 is 12.1 Å². The van der Waals surface area contributed by atoms with E-state index < -0.39 is 17.8 Å². The molecular weight excluding hydrogens is 549 g/mol. The fourth-order valence-corrected chi connectivity index (χ4v) is 4.63. The molecule has 0 amide bonds. The van der Waals surface area contributed by atoms with Gasteiger partial charge < -0.3 is 9.47 Å². The van der Waals surface area contributed by atoms with Crippen LogP contribution in [0.2, 0.25) is 0 Å². The average molecular weight is 575 g/mol. The fourth-order valence-electron chi connectivity index (χ4n) is 4.27. The summed E-state index contributed by atoms with van der Waals surface area (Å²) in [5.74, 6) is 0.260. The van der Waals surface area contributed by atoms with Crippen molar-refractivity contribution in [1.82, 2.24) is 0 Å². The molecule has 1 heterocycles. The molecule has 0 spiro atoms. The van der Waals surface area contributed by atoms with Gasteiger partial charge in [0.2, 0.25) is 0 Å². The van der Waals surface area contributed by atoms with Crippen molar-refractivity contribution in [3.63, 3.8) is 0 Å². The smallest absolute Gasteiger partial charge is 0.416 e. The average Bonchev–Trinajstić information content (AvgIpc) is 3.33. The van der Waals surface area contributed by atoms with Gasteiger partial charge in [-0.05, 0) is 55.3 Å². The number of benzene rings is 3. The van der Waals surface area contributed by atoms with E-state index in [1.165, 1.54) is 12.1 Å². The fraction of sp³-hybridized carbons (Fsp3) is 0.286. The molecule has 37 heavy (non-hydrogen) atoms. The van der Waals surface area contributed by atoms with E-state index in [2.05, 4.69) is 15.9 Å². The van der Waals surface area contributed by atoms with Crippen LogP contribution in [0.3, 0.4) is 0 Å². The van der Waals surface area contributed by atoms with Crippen molar-refractivity contribution in [2.75, 3.05) is 18.2 Å². The van der Waals surface area contributed by atoms with Crippen LogP contribution >= 0.6 is 15.9 Å². The molecule has 4 rings (SSSR count). The van der Waals surface area contributed by atoms with Crippen LogP contribution in [0.5, 0.6) is 5.75 Å². The Labute approximate surface area is 222 Å². The van der Waals surface area contributed by atoms with Crippen molar-refractivity contribution in [1.29, 1.82) is 0 Å². The highest BCUT2D eigenvalue weighted by molar-refractivity contribution is 9.10. The van der Waals surface area contributed by atoms with Crippen LogP contribution in [0.4, 0.5) is 18.9 Å². The van der Waals surface area contributed by atoms with Gasteiger partial charge in [-0.15, -0.1) is 0 Å². The van der Waals surface area contributed by atoms with Gasteiger partial charge in [0.25, 0.3) is 0 Å². The molecule has 1 unspecified atom stereocenters. The molecule has 0 aliphatic carbocycles. The molecule has 0 bridgehead atoms. The number of halogens is 4. The van der Waals surface area contributed by atoms with Crippen molar-refractivity contribution >= 4 is 33.3 Å². The number of carbonyl (C=O) groups is 1. The molecule has 3 aromatic carbocycles. The van der Waals surface area contributed by atoms with Crippen molar-refractivity contribution in [2.24, 2.45) is 5.10 Å². The van der Waals surface area contributed by atoms with E-state index in [-0.39, 0.29) is 31.0 Å². The number of nitrogens with zero attached hydrogens (tertiary/aromatic N) is 2. The second-order valence-corrected chi connectivity index (χ2v) is 9.34. The lowest BCUT2D eigenvalue weighted by atomic mass is 9.94. The number of alkyl halides is 3. The molecule has 1 aliphatic rings. The second kappa shape index (κ2) is 11.8. The molecule has 3 aromatic rings. The van der Waals surface area contributed by atoms with Gasteiger partial charge in [-0.1, -0.05) is 52.3 Å². The summed E-state index contributed by atoms with van der Waals surface area (Å²) in [6.07, 6.45) is -3.54. The first-order valence-electron chi connectivity index (χ1n) is 11.9. The zero-order chi connectivity index (χ0) is 26.4. The number of carbonyl (C=O) groups excluding carboxylic acids is 1. The van der Waals surface area contributed by atoms with Gasteiger partial charge in [0.15, 0.2) is 0 Å². The number of hydrogen-bond donors (Lipinski definition) is 0. The van der Waals surface area contributed by atoms with E-state index in [1.807, 2.05) is 42.5 Å². The zero-order valence-corrected chi connectivity index (χ0v) is 21.8. The van der Waals surface area contributed by atoms with Gasteiger partial charge in [-0.3, -0.25) is 9.80 Å². The highest BCUT2D eigenvalue weighted by Gasteiger charge is 2.39. The number of para-hydroxylation sites is 1. The lowest BCUT2D eigenvalue weighted by Gasteiger charge is -2.26. The zero-order valence-electron chi connectivity index (χ0n) is 20.2. The van der Waals surface area contributed by atoms with Crippen molar-refractivity contribution in [2.45, 2.75) is 38.4 Å². The number of ether oxygens (including phenoxy) is 2. The normalized spacial score (nSPS) is 15.4. The minimum atomic E-state index is -4.50. The lowest BCUT2D eigenvalue weighted by Crippen LogP contribution is -2.22. The summed E-state index contributed by atoms with van der Waals surface area (Å²) in [5.41, 5.74) is 1.45. The van der Waals surface area contributed by atoms with Crippen LogP contribution < -0.4 is 9.75 Å². The molecular formula is C28H26BrF3N2O3. The van der Waals surface area contributed by atoms with Crippen LogP contribution in [-0.4, -0.2) is 24.9 Å². The van der Waals surface area contributed by atoms with Crippen LogP contribution in [0.15, 0.2) is 82.4 Å². The van der Waals surface area contributed by atoms with Crippen molar-refractivity contribution in [3.05, 3.63) is 94.0 Å². The number of hydrazone groups is 1. The summed E-state index contributed by atoms with van der Waals surface area (Å²) in [4.78, 5) is 11.6. The maximum absolute atomic E-state index is 13.9. The third-order valence-electron chi connectivity index (χ3n) is 5.90. The SMILES string of the molecule is CCOC(=O)CCCOc1ccc(Br)cc1C1=NN(c2ccccc2)C(c2ccccc2C(F)(F)F)C1. The lowest BCUT2D eigenvalue weighted by molar-refractivity contribution is -0.143. The summed E-state index contributed by atoms with van der Waals surface area (Å²) in [6.45, 7) is 2.36. The minimum absolute atomic E-state index is 0.157. The summed E-state index contributed by atoms with van der Waals surface area (Å²) in [5, 5.41) is 6.44. The minimum Gasteiger partial charge on any atom is -0.493 e. The number of hydrogen-bond acceptors (Lipinski definition) is 5. The maximum Gasteiger partial charge on any atom is 0.416 e. The molecule has 0 radical (unpaired) electrons. The van der Waals surface area contributed by atoms with Gasteiger partial charge in [-0.25, -0.2) is 0 Å². The molecule has 0 saturated heterocycles. The maximum atomic E-state index is 13.9. The van der Waals surface area contributed by atoms with Gasteiger partial charge in [0, 0.05) is 22.9 Å². The van der Waals surface area contributed by atoms with E-state index >= 15 is 0 Å². The highest BCUT2D eigenvalue weighted by Crippen LogP contribution is 2.43. The van der Waals surface area contributed by atoms with Crippen LogP contribution in [-0.2, 0) is 15.7 Å². The standard InChI is InChI=1S/C28H26BrF3N2O3/c1-2-36-27(35)13-8-16-37-26-15-14-19(29)17-22(26)24-18-25(34(33-24)20-9-4-3-5-10-20)21-11-6-7-12-23(21)28(30,31)32/h3-7,9-12,14-15,17,25H,2,8,13,16,18H2,1H3. The molecule has 5 nitrogen and oxygen atoms in total. The molecule has 0 fully saturated rings. The number of anilines is 1. The first-order chi connectivity index (χ1) is 17.8. The molecule has 0 saturated carbocycles. The molecule has 9 heteroatoms. The van der Waals surface area contributed by atoms with Gasteiger partial charge in [0.1, 0.15) is 5.75 Å². The van der Waals surface area contributed by atoms with E-state index in [4.69, 9.17) is 14.6 Å².